The lowest BCUT2D eigenvalue weighted by atomic mass is 9.95. The van der Waals surface area contributed by atoms with Gasteiger partial charge in [0.05, 0.1) is 25.0 Å². The summed E-state index contributed by atoms with van der Waals surface area (Å²) in [5.74, 6) is 1.59. The van der Waals surface area contributed by atoms with Crippen LogP contribution in [0.25, 0.3) is 0 Å². The van der Waals surface area contributed by atoms with Crippen LogP contribution in [0.5, 0.6) is 0 Å². The van der Waals surface area contributed by atoms with Crippen molar-refractivity contribution < 1.29 is 9.47 Å². The molecule has 1 aliphatic rings. The van der Waals surface area contributed by atoms with Gasteiger partial charge in [-0.15, -0.1) is 0 Å². The van der Waals surface area contributed by atoms with Crippen molar-refractivity contribution in [3.63, 3.8) is 0 Å². The van der Waals surface area contributed by atoms with Crippen molar-refractivity contribution in [2.24, 2.45) is 0 Å². The fourth-order valence-electron chi connectivity index (χ4n) is 3.08. The van der Waals surface area contributed by atoms with E-state index >= 15 is 0 Å². The number of anilines is 3. The van der Waals surface area contributed by atoms with Crippen LogP contribution in [-0.4, -0.2) is 42.9 Å². The lowest BCUT2D eigenvalue weighted by Gasteiger charge is -2.33. The van der Waals surface area contributed by atoms with Crippen molar-refractivity contribution in [3.05, 3.63) is 41.9 Å². The molecule has 0 saturated carbocycles. The van der Waals surface area contributed by atoms with Crippen molar-refractivity contribution >= 4 is 17.2 Å². The number of morpholine rings is 1. The third-order valence-corrected chi connectivity index (χ3v) is 4.49. The zero-order chi connectivity index (χ0) is 19.4. The van der Waals surface area contributed by atoms with Crippen LogP contribution >= 0.6 is 0 Å². The van der Waals surface area contributed by atoms with Crippen LogP contribution in [0.1, 0.15) is 39.2 Å². The number of nitrogens with zero attached hydrogens (tertiary/aromatic N) is 3. The van der Waals surface area contributed by atoms with E-state index in [0.717, 1.165) is 42.7 Å². The summed E-state index contributed by atoms with van der Waals surface area (Å²) < 4.78 is 10.9. The van der Waals surface area contributed by atoms with E-state index in [0.29, 0.717) is 6.61 Å². The quantitative estimate of drug-likeness (QED) is 0.862. The van der Waals surface area contributed by atoms with Gasteiger partial charge in [0.2, 0.25) is 0 Å². The standard InChI is InChI=1S/C21H30N4O2/c1-15-13-25(10-11-27-15)18-8-6-16(7-9-18)22-19-12-17(14-26-5)23-20(24-19)21(2,3)4/h6-9,12,15H,10-11,13-14H2,1-5H3,(H,22,23,24). The van der Waals surface area contributed by atoms with E-state index < -0.39 is 0 Å². The number of benzene rings is 1. The second-order valence-electron chi connectivity index (χ2n) is 8.05. The van der Waals surface area contributed by atoms with Gasteiger partial charge in [0.25, 0.3) is 0 Å². The van der Waals surface area contributed by atoms with Gasteiger partial charge in [-0.1, -0.05) is 20.8 Å². The Bertz CT molecular complexity index is 756. The highest BCUT2D eigenvalue weighted by Gasteiger charge is 2.20. The first-order chi connectivity index (χ1) is 12.8. The van der Waals surface area contributed by atoms with Crippen LogP contribution in [0.4, 0.5) is 17.2 Å². The molecule has 27 heavy (non-hydrogen) atoms. The first-order valence-corrected chi connectivity index (χ1v) is 9.46. The van der Waals surface area contributed by atoms with E-state index in [9.17, 15) is 0 Å². The molecule has 0 radical (unpaired) electrons. The van der Waals surface area contributed by atoms with Gasteiger partial charge in [-0.25, -0.2) is 9.97 Å². The van der Waals surface area contributed by atoms with E-state index in [1.807, 2.05) is 6.07 Å². The molecule has 0 bridgehead atoms. The number of ether oxygens (including phenoxy) is 2. The number of hydrogen-bond acceptors (Lipinski definition) is 6. The zero-order valence-electron chi connectivity index (χ0n) is 17.0. The van der Waals surface area contributed by atoms with Crippen molar-refractivity contribution in [2.75, 3.05) is 37.0 Å². The summed E-state index contributed by atoms with van der Waals surface area (Å²) in [7, 11) is 1.68. The molecule has 2 aromatic rings. The van der Waals surface area contributed by atoms with Gasteiger partial charge in [0, 0.05) is 43.1 Å². The monoisotopic (exact) mass is 370 g/mol. The number of rotatable bonds is 5. The average molecular weight is 370 g/mol. The number of aromatic nitrogens is 2. The second-order valence-corrected chi connectivity index (χ2v) is 8.05. The molecule has 3 rings (SSSR count). The minimum absolute atomic E-state index is 0.128. The van der Waals surface area contributed by atoms with E-state index in [2.05, 4.69) is 67.2 Å². The molecule has 1 unspecified atom stereocenters. The van der Waals surface area contributed by atoms with Crippen molar-refractivity contribution in [1.82, 2.24) is 9.97 Å². The number of hydrogen-bond donors (Lipinski definition) is 1. The van der Waals surface area contributed by atoms with Gasteiger partial charge in [0.15, 0.2) is 0 Å². The van der Waals surface area contributed by atoms with Gasteiger partial charge in [0.1, 0.15) is 11.6 Å². The molecule has 6 heteroatoms. The Morgan fingerprint density at radius 1 is 1.22 bits per heavy atom. The van der Waals surface area contributed by atoms with Crippen molar-refractivity contribution in [2.45, 2.75) is 45.8 Å². The number of nitrogens with one attached hydrogen (secondary N) is 1. The Hall–Kier alpha value is -2.18. The lowest BCUT2D eigenvalue weighted by molar-refractivity contribution is 0.0532. The summed E-state index contributed by atoms with van der Waals surface area (Å²) in [4.78, 5) is 11.7. The largest absolute Gasteiger partial charge is 0.378 e. The predicted molar refractivity (Wildman–Crippen MR) is 109 cm³/mol. The van der Waals surface area contributed by atoms with E-state index in [4.69, 9.17) is 14.5 Å². The highest BCUT2D eigenvalue weighted by atomic mass is 16.5. The van der Waals surface area contributed by atoms with Crippen molar-refractivity contribution in [1.29, 1.82) is 0 Å². The maximum Gasteiger partial charge on any atom is 0.136 e. The summed E-state index contributed by atoms with van der Waals surface area (Å²) in [6.45, 7) is 11.5. The summed E-state index contributed by atoms with van der Waals surface area (Å²) in [5, 5.41) is 3.40. The summed E-state index contributed by atoms with van der Waals surface area (Å²) in [6.07, 6.45) is 0.271. The summed E-state index contributed by atoms with van der Waals surface area (Å²) in [6, 6.07) is 10.4. The predicted octanol–water partition coefficient (Wildman–Crippen LogP) is 3.89. The molecule has 0 amide bonds. The molecule has 6 nitrogen and oxygen atoms in total. The fraction of sp³-hybridized carbons (Fsp3) is 0.524. The molecule has 1 saturated heterocycles. The van der Waals surface area contributed by atoms with Crippen LogP contribution in [0.3, 0.4) is 0 Å². The molecule has 1 atom stereocenters. The van der Waals surface area contributed by atoms with Crippen molar-refractivity contribution in [3.8, 4) is 0 Å². The maximum atomic E-state index is 5.62. The SMILES string of the molecule is COCc1cc(Nc2ccc(N3CCOC(C)C3)cc2)nc(C(C)(C)C)n1. The smallest absolute Gasteiger partial charge is 0.136 e. The third-order valence-electron chi connectivity index (χ3n) is 4.49. The molecule has 0 aliphatic carbocycles. The lowest BCUT2D eigenvalue weighted by Crippen LogP contribution is -2.41. The minimum Gasteiger partial charge on any atom is -0.378 e. The molecule has 1 fully saturated rings. The van der Waals surface area contributed by atoms with Crippen LogP contribution < -0.4 is 10.2 Å². The molecule has 0 spiro atoms. The average Bonchev–Trinajstić information content (AvgIpc) is 2.62. The minimum atomic E-state index is -0.128. The summed E-state index contributed by atoms with van der Waals surface area (Å²) >= 11 is 0. The normalized spacial score (nSPS) is 17.8. The van der Waals surface area contributed by atoms with Gasteiger partial charge in [-0.2, -0.15) is 0 Å². The van der Waals surface area contributed by atoms with E-state index in [1.165, 1.54) is 5.69 Å². The van der Waals surface area contributed by atoms with Crippen LogP contribution in [0, 0.1) is 0 Å². The molecule has 1 aromatic carbocycles. The Balaban J connectivity index is 1.77. The Labute approximate surface area is 161 Å². The van der Waals surface area contributed by atoms with Crippen LogP contribution in [0.2, 0.25) is 0 Å². The third kappa shape index (κ3) is 5.17. The highest BCUT2D eigenvalue weighted by molar-refractivity contribution is 5.61. The van der Waals surface area contributed by atoms with Gasteiger partial charge < -0.3 is 19.7 Å². The molecule has 146 valence electrons. The molecule has 1 aromatic heterocycles. The fourth-order valence-corrected chi connectivity index (χ4v) is 3.08. The first kappa shape index (κ1) is 19.6. The first-order valence-electron chi connectivity index (χ1n) is 9.46. The molecular weight excluding hydrogens is 340 g/mol. The molecule has 1 aliphatic heterocycles. The van der Waals surface area contributed by atoms with E-state index in [1.54, 1.807) is 7.11 Å². The van der Waals surface area contributed by atoms with Crippen LogP contribution in [0.15, 0.2) is 30.3 Å². The van der Waals surface area contributed by atoms with E-state index in [-0.39, 0.29) is 11.5 Å². The molecule has 2 heterocycles. The van der Waals surface area contributed by atoms with Gasteiger partial charge in [-0.05, 0) is 31.2 Å². The second kappa shape index (κ2) is 8.23. The topological polar surface area (TPSA) is 59.5 Å². The number of methoxy groups -OCH3 is 1. The van der Waals surface area contributed by atoms with Gasteiger partial charge >= 0.3 is 0 Å². The maximum absolute atomic E-state index is 5.62. The Kier molecular flexibility index (Phi) is 5.97. The summed E-state index contributed by atoms with van der Waals surface area (Å²) in [5.41, 5.74) is 2.96. The van der Waals surface area contributed by atoms with Gasteiger partial charge in [-0.3, -0.25) is 0 Å². The molecular formula is C21H30N4O2. The zero-order valence-corrected chi connectivity index (χ0v) is 17.0. The Morgan fingerprint density at radius 2 is 1.96 bits per heavy atom. The highest BCUT2D eigenvalue weighted by Crippen LogP contribution is 2.25. The Morgan fingerprint density at radius 3 is 2.59 bits per heavy atom. The van der Waals surface area contributed by atoms with Crippen LogP contribution in [-0.2, 0) is 21.5 Å². The molecule has 1 N–H and O–H groups in total.